The van der Waals surface area contributed by atoms with Gasteiger partial charge in [0.25, 0.3) is 0 Å². The number of methoxy groups -OCH3 is 2. The van der Waals surface area contributed by atoms with Crippen molar-refractivity contribution in [3.63, 3.8) is 0 Å². The van der Waals surface area contributed by atoms with Crippen LogP contribution in [0, 0.1) is 0 Å². The van der Waals surface area contributed by atoms with Crippen LogP contribution in [-0.2, 0) is 6.54 Å². The maximum atomic E-state index is 5.50. The summed E-state index contributed by atoms with van der Waals surface area (Å²) in [6.07, 6.45) is 1.86. The van der Waals surface area contributed by atoms with Gasteiger partial charge in [-0.15, -0.1) is 0 Å². The highest BCUT2D eigenvalue weighted by Gasteiger charge is 2.10. The Balaban J connectivity index is 1.58. The van der Waals surface area contributed by atoms with Crippen molar-refractivity contribution in [1.82, 2.24) is 9.55 Å². The lowest BCUT2D eigenvalue weighted by atomic mass is 10.1. The Labute approximate surface area is 158 Å². The molecule has 5 nitrogen and oxygen atoms in total. The third-order valence-corrected chi connectivity index (χ3v) is 4.55. The van der Waals surface area contributed by atoms with Crippen molar-refractivity contribution in [2.75, 3.05) is 19.5 Å². The van der Waals surface area contributed by atoms with Gasteiger partial charge in [-0.2, -0.15) is 0 Å². The first kappa shape index (κ1) is 17.0. The molecule has 0 atom stereocenters. The lowest BCUT2D eigenvalue weighted by Gasteiger charge is -2.13. The van der Waals surface area contributed by atoms with Gasteiger partial charge in [0.2, 0.25) is 0 Å². The largest absolute Gasteiger partial charge is 0.493 e. The standard InChI is InChI=1S/C22H21N3O2/c1-26-21-10-6-7-16(22(21)27-2)14-23-17-11-12-20-19(13-17)24-15-25(20)18-8-4-3-5-9-18/h3-13,15,23H,14H2,1-2H3. The molecule has 0 fully saturated rings. The summed E-state index contributed by atoms with van der Waals surface area (Å²) in [5, 5.41) is 3.44. The molecule has 0 saturated heterocycles. The minimum absolute atomic E-state index is 0.630. The number of para-hydroxylation sites is 2. The third kappa shape index (κ3) is 3.31. The smallest absolute Gasteiger partial charge is 0.165 e. The van der Waals surface area contributed by atoms with Crippen molar-refractivity contribution in [3.8, 4) is 17.2 Å². The lowest BCUT2D eigenvalue weighted by Crippen LogP contribution is -2.03. The van der Waals surface area contributed by atoms with Crippen LogP contribution >= 0.6 is 0 Å². The Hall–Kier alpha value is -3.47. The molecule has 4 aromatic rings. The molecule has 0 saturated carbocycles. The fraction of sp³-hybridized carbons (Fsp3) is 0.136. The minimum atomic E-state index is 0.630. The van der Waals surface area contributed by atoms with Crippen LogP contribution in [-0.4, -0.2) is 23.8 Å². The molecule has 0 radical (unpaired) electrons. The molecule has 1 aromatic heterocycles. The highest BCUT2D eigenvalue weighted by molar-refractivity contribution is 5.81. The molecular formula is C22H21N3O2. The van der Waals surface area contributed by atoms with E-state index >= 15 is 0 Å². The first-order chi connectivity index (χ1) is 13.3. The highest BCUT2D eigenvalue weighted by Crippen LogP contribution is 2.31. The van der Waals surface area contributed by atoms with Crippen LogP contribution in [0.2, 0.25) is 0 Å². The summed E-state index contributed by atoms with van der Waals surface area (Å²) in [4.78, 5) is 4.55. The van der Waals surface area contributed by atoms with Crippen molar-refractivity contribution < 1.29 is 9.47 Å². The average molecular weight is 359 g/mol. The van der Waals surface area contributed by atoms with E-state index in [0.717, 1.165) is 39.5 Å². The Morgan fingerprint density at radius 2 is 1.78 bits per heavy atom. The number of hydrogen-bond acceptors (Lipinski definition) is 4. The van der Waals surface area contributed by atoms with Crippen LogP contribution < -0.4 is 14.8 Å². The van der Waals surface area contributed by atoms with E-state index in [2.05, 4.69) is 45.2 Å². The number of nitrogens with one attached hydrogen (secondary N) is 1. The first-order valence-corrected chi connectivity index (χ1v) is 8.76. The van der Waals surface area contributed by atoms with Crippen molar-refractivity contribution in [1.29, 1.82) is 0 Å². The molecule has 0 bridgehead atoms. The van der Waals surface area contributed by atoms with Crippen LogP contribution in [0.15, 0.2) is 73.1 Å². The van der Waals surface area contributed by atoms with Gasteiger partial charge in [-0.3, -0.25) is 4.57 Å². The SMILES string of the molecule is COc1cccc(CNc2ccc3c(c2)ncn3-c2ccccc2)c1OC. The van der Waals surface area contributed by atoms with E-state index < -0.39 is 0 Å². The molecule has 0 spiro atoms. The van der Waals surface area contributed by atoms with Gasteiger partial charge >= 0.3 is 0 Å². The number of nitrogens with zero attached hydrogens (tertiary/aromatic N) is 2. The van der Waals surface area contributed by atoms with Crippen molar-refractivity contribution >= 4 is 16.7 Å². The predicted octanol–water partition coefficient (Wildman–Crippen LogP) is 4.65. The molecule has 0 aliphatic heterocycles. The Bertz CT molecular complexity index is 1060. The summed E-state index contributed by atoms with van der Waals surface area (Å²) < 4.78 is 13.0. The van der Waals surface area contributed by atoms with Gasteiger partial charge < -0.3 is 14.8 Å². The second-order valence-corrected chi connectivity index (χ2v) is 6.16. The lowest BCUT2D eigenvalue weighted by molar-refractivity contribution is 0.352. The van der Waals surface area contributed by atoms with E-state index in [4.69, 9.17) is 9.47 Å². The zero-order valence-electron chi connectivity index (χ0n) is 15.3. The van der Waals surface area contributed by atoms with Gasteiger partial charge in [0.15, 0.2) is 11.5 Å². The second-order valence-electron chi connectivity index (χ2n) is 6.16. The molecule has 136 valence electrons. The molecular weight excluding hydrogens is 338 g/mol. The fourth-order valence-corrected chi connectivity index (χ4v) is 3.21. The number of benzene rings is 3. The van der Waals surface area contributed by atoms with Gasteiger partial charge in [0.1, 0.15) is 6.33 Å². The van der Waals surface area contributed by atoms with E-state index in [-0.39, 0.29) is 0 Å². The summed E-state index contributed by atoms with van der Waals surface area (Å²) >= 11 is 0. The summed E-state index contributed by atoms with van der Waals surface area (Å²) in [6.45, 7) is 0.630. The number of hydrogen-bond donors (Lipinski definition) is 1. The predicted molar refractivity (Wildman–Crippen MR) is 108 cm³/mol. The topological polar surface area (TPSA) is 48.3 Å². The molecule has 0 aliphatic carbocycles. The molecule has 1 N–H and O–H groups in total. The van der Waals surface area contributed by atoms with E-state index in [0.29, 0.717) is 6.54 Å². The molecule has 27 heavy (non-hydrogen) atoms. The van der Waals surface area contributed by atoms with E-state index in [1.165, 1.54) is 0 Å². The number of rotatable bonds is 6. The number of anilines is 1. The number of imidazole rings is 1. The van der Waals surface area contributed by atoms with Gasteiger partial charge in [-0.1, -0.05) is 30.3 Å². The van der Waals surface area contributed by atoms with Crippen molar-refractivity contribution in [3.05, 3.63) is 78.6 Å². The Kier molecular flexibility index (Phi) is 4.66. The van der Waals surface area contributed by atoms with Crippen LogP contribution in [0.4, 0.5) is 5.69 Å². The average Bonchev–Trinajstić information content (AvgIpc) is 3.15. The van der Waals surface area contributed by atoms with Gasteiger partial charge in [0, 0.05) is 23.5 Å². The maximum absolute atomic E-state index is 5.50. The zero-order chi connectivity index (χ0) is 18.6. The summed E-state index contributed by atoms with van der Waals surface area (Å²) in [6, 6.07) is 22.3. The van der Waals surface area contributed by atoms with Gasteiger partial charge in [0.05, 0.1) is 25.3 Å². The molecule has 3 aromatic carbocycles. The van der Waals surface area contributed by atoms with E-state index in [1.54, 1.807) is 14.2 Å². The quantitative estimate of drug-likeness (QED) is 0.544. The van der Waals surface area contributed by atoms with Crippen LogP contribution in [0.25, 0.3) is 16.7 Å². The van der Waals surface area contributed by atoms with Crippen LogP contribution in [0.1, 0.15) is 5.56 Å². The molecule has 0 unspecified atom stereocenters. The monoisotopic (exact) mass is 359 g/mol. The van der Waals surface area contributed by atoms with Crippen molar-refractivity contribution in [2.45, 2.75) is 6.54 Å². The molecule has 0 aliphatic rings. The van der Waals surface area contributed by atoms with Gasteiger partial charge in [-0.05, 0) is 36.4 Å². The fourth-order valence-electron chi connectivity index (χ4n) is 3.21. The number of ether oxygens (including phenoxy) is 2. The number of fused-ring (bicyclic) bond motifs is 1. The van der Waals surface area contributed by atoms with E-state index in [9.17, 15) is 0 Å². The summed E-state index contributed by atoms with van der Waals surface area (Å²) in [7, 11) is 3.30. The normalized spacial score (nSPS) is 10.7. The van der Waals surface area contributed by atoms with Crippen LogP contribution in [0.5, 0.6) is 11.5 Å². The van der Waals surface area contributed by atoms with Crippen molar-refractivity contribution in [2.24, 2.45) is 0 Å². The molecule has 0 amide bonds. The molecule has 1 heterocycles. The third-order valence-electron chi connectivity index (χ3n) is 4.55. The zero-order valence-corrected chi connectivity index (χ0v) is 15.3. The Morgan fingerprint density at radius 1 is 0.926 bits per heavy atom. The van der Waals surface area contributed by atoms with E-state index in [1.807, 2.05) is 42.7 Å². The second kappa shape index (κ2) is 7.41. The highest BCUT2D eigenvalue weighted by atomic mass is 16.5. The molecule has 4 rings (SSSR count). The number of aromatic nitrogens is 2. The summed E-state index contributed by atoms with van der Waals surface area (Å²) in [5.74, 6) is 1.48. The Morgan fingerprint density at radius 3 is 2.56 bits per heavy atom. The summed E-state index contributed by atoms with van der Waals surface area (Å²) in [5.41, 5.74) is 5.16. The van der Waals surface area contributed by atoms with Crippen LogP contribution in [0.3, 0.4) is 0 Å². The molecule has 5 heteroatoms. The maximum Gasteiger partial charge on any atom is 0.165 e. The van der Waals surface area contributed by atoms with Gasteiger partial charge in [-0.25, -0.2) is 4.98 Å². The minimum Gasteiger partial charge on any atom is -0.493 e. The first-order valence-electron chi connectivity index (χ1n) is 8.76.